The summed E-state index contributed by atoms with van der Waals surface area (Å²) in [4.78, 5) is 0.898. The zero-order valence-electron chi connectivity index (χ0n) is 11.8. The van der Waals surface area contributed by atoms with Crippen molar-refractivity contribution in [2.75, 3.05) is 5.32 Å². The SMILES string of the molecule is CC(C)(C)[Si](C)(C)Oc1ccc2c(c1)CC(=S)N2. The maximum absolute atomic E-state index is 6.29. The fourth-order valence-electron chi connectivity index (χ4n) is 1.72. The zero-order chi connectivity index (χ0) is 13.6. The highest BCUT2D eigenvalue weighted by Gasteiger charge is 2.39. The van der Waals surface area contributed by atoms with Crippen molar-refractivity contribution in [1.29, 1.82) is 0 Å². The van der Waals surface area contributed by atoms with Gasteiger partial charge in [-0.25, -0.2) is 0 Å². The van der Waals surface area contributed by atoms with Gasteiger partial charge in [-0.15, -0.1) is 0 Å². The molecule has 0 atom stereocenters. The first-order chi connectivity index (χ1) is 8.19. The Hall–Kier alpha value is -0.873. The Bertz CT molecular complexity index is 491. The van der Waals surface area contributed by atoms with Crippen LogP contribution in [0.25, 0.3) is 0 Å². The Morgan fingerprint density at radius 1 is 1.28 bits per heavy atom. The summed E-state index contributed by atoms with van der Waals surface area (Å²) >= 11 is 5.19. The number of nitrogens with one attached hydrogen (secondary N) is 1. The van der Waals surface area contributed by atoms with Crippen molar-refractivity contribution in [3.8, 4) is 5.75 Å². The summed E-state index contributed by atoms with van der Waals surface area (Å²) in [6.45, 7) is 11.3. The largest absolute Gasteiger partial charge is 0.543 e. The molecular weight excluding hydrogens is 258 g/mol. The Kier molecular flexibility index (Phi) is 3.28. The second-order valence-electron chi connectivity index (χ2n) is 6.41. The Balaban J connectivity index is 2.22. The van der Waals surface area contributed by atoms with E-state index in [4.69, 9.17) is 16.6 Å². The lowest BCUT2D eigenvalue weighted by atomic mass is 10.1. The van der Waals surface area contributed by atoms with E-state index in [2.05, 4.69) is 51.3 Å². The molecule has 0 saturated heterocycles. The first kappa shape index (κ1) is 13.6. The smallest absolute Gasteiger partial charge is 0.250 e. The summed E-state index contributed by atoms with van der Waals surface area (Å²) in [6, 6.07) is 6.24. The fourth-order valence-corrected chi connectivity index (χ4v) is 3.00. The molecule has 0 bridgehead atoms. The lowest BCUT2D eigenvalue weighted by Gasteiger charge is -2.36. The van der Waals surface area contributed by atoms with E-state index in [1.165, 1.54) is 5.56 Å². The van der Waals surface area contributed by atoms with Gasteiger partial charge in [-0.05, 0) is 41.9 Å². The molecule has 2 nitrogen and oxygen atoms in total. The molecule has 0 saturated carbocycles. The number of fused-ring (bicyclic) bond motifs is 1. The number of benzene rings is 1. The monoisotopic (exact) mass is 279 g/mol. The maximum atomic E-state index is 6.29. The molecule has 0 aromatic heterocycles. The van der Waals surface area contributed by atoms with Gasteiger partial charge in [0, 0.05) is 12.1 Å². The van der Waals surface area contributed by atoms with Crippen LogP contribution in [0.15, 0.2) is 18.2 Å². The number of hydrogen-bond acceptors (Lipinski definition) is 2. The molecule has 0 aliphatic carbocycles. The van der Waals surface area contributed by atoms with Gasteiger partial charge in [0.05, 0.1) is 4.99 Å². The Labute approximate surface area is 116 Å². The van der Waals surface area contributed by atoms with Crippen LogP contribution < -0.4 is 9.74 Å². The quantitative estimate of drug-likeness (QED) is 0.642. The molecule has 1 aliphatic rings. The van der Waals surface area contributed by atoms with Gasteiger partial charge < -0.3 is 9.74 Å². The highest BCUT2D eigenvalue weighted by Crippen LogP contribution is 2.38. The van der Waals surface area contributed by atoms with Crippen molar-refractivity contribution < 1.29 is 4.43 Å². The van der Waals surface area contributed by atoms with Crippen LogP contribution in [0.5, 0.6) is 5.75 Å². The first-order valence-corrected chi connectivity index (χ1v) is 9.62. The van der Waals surface area contributed by atoms with Gasteiger partial charge >= 0.3 is 0 Å². The second-order valence-corrected chi connectivity index (χ2v) is 11.6. The standard InChI is InChI=1S/C14H21NOSSi/c1-14(2,3)18(4,5)16-11-6-7-12-10(8-11)9-13(17)15-12/h6-8H,9H2,1-5H3,(H,15,17). The summed E-state index contributed by atoms with van der Waals surface area (Å²) in [7, 11) is -1.75. The number of anilines is 1. The lowest BCUT2D eigenvalue weighted by molar-refractivity contribution is 0.492. The van der Waals surface area contributed by atoms with Gasteiger partial charge in [0.2, 0.25) is 8.32 Å². The molecule has 0 fully saturated rings. The molecule has 4 heteroatoms. The predicted octanol–water partition coefficient (Wildman–Crippen LogP) is 4.37. The van der Waals surface area contributed by atoms with Crippen molar-refractivity contribution in [2.45, 2.75) is 45.3 Å². The first-order valence-electron chi connectivity index (χ1n) is 6.31. The fraction of sp³-hybridized carbons (Fsp3) is 0.500. The van der Waals surface area contributed by atoms with E-state index in [9.17, 15) is 0 Å². The normalized spacial score (nSPS) is 15.3. The molecule has 18 heavy (non-hydrogen) atoms. The minimum atomic E-state index is -1.75. The third kappa shape index (κ3) is 2.59. The van der Waals surface area contributed by atoms with E-state index in [-0.39, 0.29) is 5.04 Å². The van der Waals surface area contributed by atoms with Crippen LogP contribution in [-0.4, -0.2) is 13.3 Å². The summed E-state index contributed by atoms with van der Waals surface area (Å²) in [5, 5.41) is 3.43. The average molecular weight is 279 g/mol. The van der Waals surface area contributed by atoms with Crippen molar-refractivity contribution >= 4 is 31.2 Å². The van der Waals surface area contributed by atoms with E-state index in [0.717, 1.165) is 22.8 Å². The molecule has 1 aliphatic heterocycles. The number of thiocarbonyl (C=S) groups is 1. The van der Waals surface area contributed by atoms with Crippen LogP contribution >= 0.6 is 12.2 Å². The lowest BCUT2D eigenvalue weighted by Crippen LogP contribution is -2.43. The maximum Gasteiger partial charge on any atom is 0.250 e. The minimum absolute atomic E-state index is 0.222. The van der Waals surface area contributed by atoms with Crippen molar-refractivity contribution in [1.82, 2.24) is 0 Å². The van der Waals surface area contributed by atoms with E-state index < -0.39 is 8.32 Å². The summed E-state index contributed by atoms with van der Waals surface area (Å²) in [6.07, 6.45) is 0.833. The topological polar surface area (TPSA) is 21.3 Å². The Morgan fingerprint density at radius 2 is 1.94 bits per heavy atom. The van der Waals surface area contributed by atoms with Gasteiger partial charge in [-0.1, -0.05) is 33.0 Å². The van der Waals surface area contributed by atoms with Crippen LogP contribution in [0.1, 0.15) is 26.3 Å². The van der Waals surface area contributed by atoms with Gasteiger partial charge in [-0.2, -0.15) is 0 Å². The molecule has 0 amide bonds. The summed E-state index contributed by atoms with van der Waals surface area (Å²) < 4.78 is 6.29. The summed E-state index contributed by atoms with van der Waals surface area (Å²) in [5.74, 6) is 0.979. The molecule has 98 valence electrons. The predicted molar refractivity (Wildman–Crippen MR) is 84.2 cm³/mol. The molecule has 2 rings (SSSR count). The van der Waals surface area contributed by atoms with Crippen LogP contribution in [0.2, 0.25) is 18.1 Å². The van der Waals surface area contributed by atoms with Crippen molar-refractivity contribution in [2.24, 2.45) is 0 Å². The van der Waals surface area contributed by atoms with E-state index in [1.54, 1.807) is 0 Å². The van der Waals surface area contributed by atoms with Gasteiger partial charge in [0.25, 0.3) is 0 Å². The number of hydrogen-bond donors (Lipinski definition) is 1. The third-order valence-corrected chi connectivity index (χ3v) is 8.49. The molecule has 1 heterocycles. The van der Waals surface area contributed by atoms with Crippen LogP contribution in [0.4, 0.5) is 5.69 Å². The summed E-state index contributed by atoms with van der Waals surface area (Å²) in [5.41, 5.74) is 2.37. The minimum Gasteiger partial charge on any atom is -0.543 e. The van der Waals surface area contributed by atoms with Crippen molar-refractivity contribution in [3.05, 3.63) is 23.8 Å². The van der Waals surface area contributed by atoms with E-state index in [1.807, 2.05) is 6.07 Å². The zero-order valence-corrected chi connectivity index (χ0v) is 13.6. The molecule has 1 aromatic carbocycles. The highest BCUT2D eigenvalue weighted by atomic mass is 32.1. The van der Waals surface area contributed by atoms with E-state index >= 15 is 0 Å². The van der Waals surface area contributed by atoms with Crippen LogP contribution in [-0.2, 0) is 6.42 Å². The Morgan fingerprint density at radius 3 is 2.56 bits per heavy atom. The average Bonchev–Trinajstić information content (AvgIpc) is 2.54. The van der Waals surface area contributed by atoms with Crippen LogP contribution in [0, 0.1) is 0 Å². The van der Waals surface area contributed by atoms with Gasteiger partial charge in [0.15, 0.2) is 0 Å². The van der Waals surface area contributed by atoms with E-state index in [0.29, 0.717) is 0 Å². The van der Waals surface area contributed by atoms with Crippen LogP contribution in [0.3, 0.4) is 0 Å². The molecule has 1 N–H and O–H groups in total. The van der Waals surface area contributed by atoms with Gasteiger partial charge in [-0.3, -0.25) is 0 Å². The second kappa shape index (κ2) is 4.35. The van der Waals surface area contributed by atoms with Gasteiger partial charge in [0.1, 0.15) is 5.75 Å². The molecule has 0 unspecified atom stereocenters. The highest BCUT2D eigenvalue weighted by molar-refractivity contribution is 7.80. The molecule has 0 radical (unpaired) electrons. The van der Waals surface area contributed by atoms with Crippen molar-refractivity contribution in [3.63, 3.8) is 0 Å². The third-order valence-electron chi connectivity index (χ3n) is 3.88. The number of rotatable bonds is 2. The molecule has 1 aromatic rings. The molecular formula is C14H21NOSSi. The molecule has 0 spiro atoms.